The third kappa shape index (κ3) is 7.89. The molecule has 1 aromatic rings. The first-order valence-electron chi connectivity index (χ1n) is 6.96. The van der Waals surface area contributed by atoms with E-state index in [0.717, 1.165) is 23.6 Å². The average Bonchev–Trinajstić information content (AvgIpc) is 2.48. The number of hydrogen-bond acceptors (Lipinski definition) is 3. The van der Waals surface area contributed by atoms with Crippen LogP contribution in [0.4, 0.5) is 0 Å². The summed E-state index contributed by atoms with van der Waals surface area (Å²) in [6.07, 6.45) is 3.89. The van der Waals surface area contributed by atoms with Crippen molar-refractivity contribution in [2.45, 2.75) is 26.3 Å². The van der Waals surface area contributed by atoms with E-state index in [2.05, 4.69) is 5.32 Å². The predicted molar refractivity (Wildman–Crippen MR) is 80.7 cm³/mol. The second-order valence-electron chi connectivity index (χ2n) is 4.56. The molecule has 0 aliphatic carbocycles. The standard InChI is InChI=1S/C16H21NO4/c1-2-9-21-10-8-15(18)17-12-14-5-3-4-13(11-14)6-7-16(19)20/h3-7,11H,2,8-10,12H2,1H3,(H,17,18)(H,19,20). The third-order valence-electron chi connectivity index (χ3n) is 2.68. The number of rotatable bonds is 9. The van der Waals surface area contributed by atoms with E-state index in [0.29, 0.717) is 26.2 Å². The van der Waals surface area contributed by atoms with Crippen LogP contribution in [0.2, 0.25) is 0 Å². The lowest BCUT2D eigenvalue weighted by atomic mass is 10.1. The van der Waals surface area contributed by atoms with Crippen molar-refractivity contribution in [1.82, 2.24) is 5.32 Å². The van der Waals surface area contributed by atoms with Crippen LogP contribution in [0.3, 0.4) is 0 Å². The quantitative estimate of drug-likeness (QED) is 0.540. The average molecular weight is 291 g/mol. The highest BCUT2D eigenvalue weighted by Gasteiger charge is 2.01. The van der Waals surface area contributed by atoms with E-state index in [1.165, 1.54) is 6.08 Å². The first kappa shape index (κ1) is 16.9. The molecule has 21 heavy (non-hydrogen) atoms. The maximum absolute atomic E-state index is 11.6. The normalized spacial score (nSPS) is 10.7. The number of hydrogen-bond donors (Lipinski definition) is 2. The van der Waals surface area contributed by atoms with E-state index >= 15 is 0 Å². The molecule has 114 valence electrons. The Hall–Kier alpha value is -2.14. The lowest BCUT2D eigenvalue weighted by molar-refractivity contribution is -0.131. The second-order valence-corrected chi connectivity index (χ2v) is 4.56. The molecule has 0 saturated heterocycles. The van der Waals surface area contributed by atoms with Gasteiger partial charge in [0.2, 0.25) is 5.91 Å². The number of benzene rings is 1. The van der Waals surface area contributed by atoms with Gasteiger partial charge in [-0.15, -0.1) is 0 Å². The summed E-state index contributed by atoms with van der Waals surface area (Å²) in [5.41, 5.74) is 1.71. The lowest BCUT2D eigenvalue weighted by Crippen LogP contribution is -2.24. The number of carbonyl (C=O) groups is 2. The van der Waals surface area contributed by atoms with Crippen LogP contribution < -0.4 is 5.32 Å². The van der Waals surface area contributed by atoms with Crippen molar-refractivity contribution in [3.63, 3.8) is 0 Å². The van der Waals surface area contributed by atoms with Crippen molar-refractivity contribution >= 4 is 18.0 Å². The highest BCUT2D eigenvalue weighted by Crippen LogP contribution is 2.07. The molecule has 0 bridgehead atoms. The van der Waals surface area contributed by atoms with Crippen LogP contribution in [0.25, 0.3) is 6.08 Å². The van der Waals surface area contributed by atoms with E-state index < -0.39 is 5.97 Å². The zero-order chi connectivity index (χ0) is 15.5. The summed E-state index contributed by atoms with van der Waals surface area (Å²) in [4.78, 5) is 22.1. The minimum Gasteiger partial charge on any atom is -0.478 e. The fourth-order valence-electron chi connectivity index (χ4n) is 1.67. The molecule has 5 nitrogen and oxygen atoms in total. The maximum atomic E-state index is 11.6. The van der Waals surface area contributed by atoms with E-state index in [9.17, 15) is 9.59 Å². The van der Waals surface area contributed by atoms with Crippen LogP contribution in [0, 0.1) is 0 Å². The van der Waals surface area contributed by atoms with Gasteiger partial charge in [-0.3, -0.25) is 4.79 Å². The Kier molecular flexibility index (Phi) is 7.82. The van der Waals surface area contributed by atoms with Crippen molar-refractivity contribution in [2.24, 2.45) is 0 Å². The fraction of sp³-hybridized carbons (Fsp3) is 0.375. The van der Waals surface area contributed by atoms with E-state index in [4.69, 9.17) is 9.84 Å². The van der Waals surface area contributed by atoms with Gasteiger partial charge >= 0.3 is 5.97 Å². The van der Waals surface area contributed by atoms with Crippen molar-refractivity contribution < 1.29 is 19.4 Å². The molecule has 1 aromatic carbocycles. The van der Waals surface area contributed by atoms with Gasteiger partial charge in [-0.25, -0.2) is 4.79 Å². The van der Waals surface area contributed by atoms with Gasteiger partial charge in [0, 0.05) is 25.6 Å². The molecular weight excluding hydrogens is 270 g/mol. The number of nitrogens with one attached hydrogen (secondary N) is 1. The van der Waals surface area contributed by atoms with Gasteiger partial charge in [0.25, 0.3) is 0 Å². The largest absolute Gasteiger partial charge is 0.478 e. The molecule has 0 aromatic heterocycles. The molecule has 0 fully saturated rings. The Morgan fingerprint density at radius 2 is 2.14 bits per heavy atom. The molecule has 1 rings (SSSR count). The number of ether oxygens (including phenoxy) is 1. The van der Waals surface area contributed by atoms with Gasteiger partial charge in [0.05, 0.1) is 6.61 Å². The van der Waals surface area contributed by atoms with E-state index in [-0.39, 0.29) is 5.91 Å². The smallest absolute Gasteiger partial charge is 0.328 e. The molecule has 0 unspecified atom stereocenters. The lowest BCUT2D eigenvalue weighted by Gasteiger charge is -2.06. The SMILES string of the molecule is CCCOCCC(=O)NCc1cccc(C=CC(=O)O)c1. The summed E-state index contributed by atoms with van der Waals surface area (Å²) in [6.45, 7) is 3.54. The minimum atomic E-state index is -0.985. The summed E-state index contributed by atoms with van der Waals surface area (Å²) in [7, 11) is 0. The highest BCUT2D eigenvalue weighted by atomic mass is 16.5. The van der Waals surface area contributed by atoms with Crippen molar-refractivity contribution in [1.29, 1.82) is 0 Å². The topological polar surface area (TPSA) is 75.6 Å². The van der Waals surface area contributed by atoms with Crippen molar-refractivity contribution in [3.05, 3.63) is 41.5 Å². The van der Waals surface area contributed by atoms with E-state index in [1.807, 2.05) is 31.2 Å². The summed E-state index contributed by atoms with van der Waals surface area (Å²) in [5, 5.41) is 11.4. The zero-order valence-corrected chi connectivity index (χ0v) is 12.2. The molecule has 0 aliphatic rings. The van der Waals surface area contributed by atoms with Gasteiger partial charge in [-0.1, -0.05) is 25.1 Å². The predicted octanol–water partition coefficient (Wildman–Crippen LogP) is 2.22. The van der Waals surface area contributed by atoms with Crippen LogP contribution in [0.1, 0.15) is 30.9 Å². The summed E-state index contributed by atoms with van der Waals surface area (Å²) >= 11 is 0. The highest BCUT2D eigenvalue weighted by molar-refractivity contribution is 5.85. The molecule has 0 atom stereocenters. The van der Waals surface area contributed by atoms with Crippen LogP contribution in [-0.4, -0.2) is 30.2 Å². The van der Waals surface area contributed by atoms with E-state index in [1.54, 1.807) is 0 Å². The Labute approximate surface area is 124 Å². The first-order chi connectivity index (χ1) is 10.1. The molecule has 1 amide bonds. The maximum Gasteiger partial charge on any atom is 0.328 e. The van der Waals surface area contributed by atoms with Gasteiger partial charge < -0.3 is 15.2 Å². The van der Waals surface area contributed by atoms with Gasteiger partial charge in [-0.05, 0) is 29.7 Å². The summed E-state index contributed by atoms with van der Waals surface area (Å²) in [6, 6.07) is 7.36. The molecule has 0 saturated carbocycles. The Balaban J connectivity index is 2.39. The molecule has 0 heterocycles. The molecule has 0 spiro atoms. The Bertz CT molecular complexity index is 497. The summed E-state index contributed by atoms with van der Waals surface area (Å²) < 4.78 is 5.25. The monoisotopic (exact) mass is 291 g/mol. The minimum absolute atomic E-state index is 0.0578. The fourth-order valence-corrected chi connectivity index (χ4v) is 1.67. The van der Waals surface area contributed by atoms with Crippen LogP contribution in [0.15, 0.2) is 30.3 Å². The van der Waals surface area contributed by atoms with Gasteiger partial charge in [0.15, 0.2) is 0 Å². The molecular formula is C16H21NO4. The number of carboxylic acid groups (broad SMARTS) is 1. The molecule has 2 N–H and O–H groups in total. The Morgan fingerprint density at radius 3 is 2.86 bits per heavy atom. The van der Waals surface area contributed by atoms with Gasteiger partial charge in [0.1, 0.15) is 0 Å². The van der Waals surface area contributed by atoms with Crippen molar-refractivity contribution in [2.75, 3.05) is 13.2 Å². The second kappa shape index (κ2) is 9.72. The number of carboxylic acids is 1. The number of carbonyl (C=O) groups excluding carboxylic acids is 1. The summed E-state index contributed by atoms with van der Waals surface area (Å²) in [5.74, 6) is -1.04. The molecule has 0 radical (unpaired) electrons. The van der Waals surface area contributed by atoms with Crippen LogP contribution in [-0.2, 0) is 20.9 Å². The molecule has 0 aliphatic heterocycles. The third-order valence-corrected chi connectivity index (χ3v) is 2.68. The van der Waals surface area contributed by atoms with Gasteiger partial charge in [-0.2, -0.15) is 0 Å². The van der Waals surface area contributed by atoms with Crippen LogP contribution >= 0.6 is 0 Å². The first-order valence-corrected chi connectivity index (χ1v) is 6.96. The van der Waals surface area contributed by atoms with Crippen LogP contribution in [0.5, 0.6) is 0 Å². The number of aliphatic carboxylic acids is 1. The number of amides is 1. The zero-order valence-electron chi connectivity index (χ0n) is 12.2. The molecule has 5 heteroatoms. The van der Waals surface area contributed by atoms with Crippen molar-refractivity contribution in [3.8, 4) is 0 Å². The Morgan fingerprint density at radius 1 is 1.33 bits per heavy atom.